The highest BCUT2D eigenvalue weighted by atomic mass is 19.1. The molecule has 1 atom stereocenters. The smallest absolute Gasteiger partial charge is 0.123 e. The molecule has 0 heterocycles. The number of methoxy groups -OCH3 is 1. The SMILES string of the molecule is CCNC(COC)c1ccc(F)cc1. The maximum Gasteiger partial charge on any atom is 0.123 e. The van der Waals surface area contributed by atoms with Gasteiger partial charge in [0.1, 0.15) is 5.82 Å². The van der Waals surface area contributed by atoms with Crippen molar-refractivity contribution >= 4 is 0 Å². The third kappa shape index (κ3) is 3.09. The monoisotopic (exact) mass is 197 g/mol. The molecule has 3 heteroatoms. The minimum Gasteiger partial charge on any atom is -0.383 e. The van der Waals surface area contributed by atoms with Crippen LogP contribution < -0.4 is 5.32 Å². The van der Waals surface area contributed by atoms with E-state index in [0.717, 1.165) is 12.1 Å². The van der Waals surface area contributed by atoms with Gasteiger partial charge in [0.25, 0.3) is 0 Å². The van der Waals surface area contributed by atoms with E-state index in [1.807, 2.05) is 6.92 Å². The van der Waals surface area contributed by atoms with Crippen LogP contribution >= 0.6 is 0 Å². The van der Waals surface area contributed by atoms with Crippen LogP contribution in [-0.2, 0) is 4.74 Å². The molecule has 1 unspecified atom stereocenters. The number of likely N-dealkylation sites (N-methyl/N-ethyl adjacent to an activating group) is 1. The van der Waals surface area contributed by atoms with E-state index in [-0.39, 0.29) is 11.9 Å². The van der Waals surface area contributed by atoms with Crippen molar-refractivity contribution in [3.05, 3.63) is 35.6 Å². The molecular weight excluding hydrogens is 181 g/mol. The van der Waals surface area contributed by atoms with E-state index in [4.69, 9.17) is 4.74 Å². The molecule has 0 saturated carbocycles. The maximum atomic E-state index is 12.7. The summed E-state index contributed by atoms with van der Waals surface area (Å²) in [6, 6.07) is 6.64. The lowest BCUT2D eigenvalue weighted by Gasteiger charge is -2.17. The first kappa shape index (κ1) is 11.1. The van der Waals surface area contributed by atoms with Crippen LogP contribution in [0.2, 0.25) is 0 Å². The highest BCUT2D eigenvalue weighted by molar-refractivity contribution is 5.19. The molecule has 0 spiro atoms. The summed E-state index contributed by atoms with van der Waals surface area (Å²) in [7, 11) is 1.66. The lowest BCUT2D eigenvalue weighted by Crippen LogP contribution is -2.24. The zero-order chi connectivity index (χ0) is 10.4. The first-order valence-electron chi connectivity index (χ1n) is 4.75. The van der Waals surface area contributed by atoms with Crippen LogP contribution in [0, 0.1) is 5.82 Å². The number of hydrogen-bond donors (Lipinski definition) is 1. The Morgan fingerprint density at radius 3 is 2.50 bits per heavy atom. The van der Waals surface area contributed by atoms with Gasteiger partial charge in [-0.15, -0.1) is 0 Å². The molecule has 0 aromatic heterocycles. The predicted octanol–water partition coefficient (Wildman–Crippen LogP) is 2.12. The predicted molar refractivity (Wildman–Crippen MR) is 54.7 cm³/mol. The van der Waals surface area contributed by atoms with E-state index >= 15 is 0 Å². The van der Waals surface area contributed by atoms with Crippen LogP contribution in [0.4, 0.5) is 4.39 Å². The molecule has 0 radical (unpaired) electrons. The number of halogens is 1. The summed E-state index contributed by atoms with van der Waals surface area (Å²) in [5.41, 5.74) is 1.05. The van der Waals surface area contributed by atoms with Gasteiger partial charge in [0.05, 0.1) is 12.6 Å². The van der Waals surface area contributed by atoms with E-state index in [9.17, 15) is 4.39 Å². The third-order valence-electron chi connectivity index (χ3n) is 2.06. The molecule has 1 N–H and O–H groups in total. The van der Waals surface area contributed by atoms with Gasteiger partial charge >= 0.3 is 0 Å². The van der Waals surface area contributed by atoms with Gasteiger partial charge in [-0.05, 0) is 24.2 Å². The Morgan fingerprint density at radius 2 is 2.00 bits per heavy atom. The molecule has 2 nitrogen and oxygen atoms in total. The Balaban J connectivity index is 2.71. The maximum absolute atomic E-state index is 12.7. The fourth-order valence-corrected chi connectivity index (χ4v) is 1.38. The number of nitrogens with one attached hydrogen (secondary N) is 1. The average molecular weight is 197 g/mol. The van der Waals surface area contributed by atoms with Crippen molar-refractivity contribution in [2.45, 2.75) is 13.0 Å². The van der Waals surface area contributed by atoms with Crippen molar-refractivity contribution in [3.63, 3.8) is 0 Å². The van der Waals surface area contributed by atoms with Gasteiger partial charge in [-0.2, -0.15) is 0 Å². The quantitative estimate of drug-likeness (QED) is 0.780. The molecule has 0 aliphatic heterocycles. The van der Waals surface area contributed by atoms with Gasteiger partial charge in [0.2, 0.25) is 0 Å². The molecule has 78 valence electrons. The molecule has 1 rings (SSSR count). The Kier molecular flexibility index (Phi) is 4.56. The molecular formula is C11H16FNO. The van der Waals surface area contributed by atoms with Gasteiger partial charge in [0.15, 0.2) is 0 Å². The molecule has 14 heavy (non-hydrogen) atoms. The second-order valence-electron chi connectivity index (χ2n) is 3.12. The second kappa shape index (κ2) is 5.73. The third-order valence-corrected chi connectivity index (χ3v) is 2.06. The molecule has 0 bridgehead atoms. The zero-order valence-corrected chi connectivity index (χ0v) is 8.59. The number of benzene rings is 1. The largest absolute Gasteiger partial charge is 0.383 e. The summed E-state index contributed by atoms with van der Waals surface area (Å²) in [4.78, 5) is 0. The minimum absolute atomic E-state index is 0.144. The van der Waals surface area contributed by atoms with E-state index in [0.29, 0.717) is 6.61 Å². The number of hydrogen-bond acceptors (Lipinski definition) is 2. The Bertz CT molecular complexity index is 254. The molecule has 0 aliphatic rings. The van der Waals surface area contributed by atoms with Crippen molar-refractivity contribution in [1.29, 1.82) is 0 Å². The van der Waals surface area contributed by atoms with Crippen molar-refractivity contribution in [2.24, 2.45) is 0 Å². The van der Waals surface area contributed by atoms with Crippen LogP contribution in [0.1, 0.15) is 18.5 Å². The summed E-state index contributed by atoms with van der Waals surface area (Å²) in [6.45, 7) is 3.50. The van der Waals surface area contributed by atoms with E-state index in [2.05, 4.69) is 5.32 Å². The van der Waals surface area contributed by atoms with Crippen LogP contribution in [0.5, 0.6) is 0 Å². The Hall–Kier alpha value is -0.930. The lowest BCUT2D eigenvalue weighted by atomic mass is 10.1. The summed E-state index contributed by atoms with van der Waals surface area (Å²) >= 11 is 0. The van der Waals surface area contributed by atoms with E-state index < -0.39 is 0 Å². The molecule has 1 aromatic rings. The summed E-state index contributed by atoms with van der Waals surface area (Å²) in [6.07, 6.45) is 0. The van der Waals surface area contributed by atoms with Crippen LogP contribution in [-0.4, -0.2) is 20.3 Å². The van der Waals surface area contributed by atoms with Gasteiger partial charge < -0.3 is 10.1 Å². The fourth-order valence-electron chi connectivity index (χ4n) is 1.38. The van der Waals surface area contributed by atoms with Gasteiger partial charge in [-0.25, -0.2) is 4.39 Å². The van der Waals surface area contributed by atoms with Crippen molar-refractivity contribution in [3.8, 4) is 0 Å². The van der Waals surface area contributed by atoms with Gasteiger partial charge in [-0.3, -0.25) is 0 Å². The van der Waals surface area contributed by atoms with E-state index in [1.54, 1.807) is 19.2 Å². The molecule has 1 aromatic carbocycles. The van der Waals surface area contributed by atoms with Crippen LogP contribution in [0.15, 0.2) is 24.3 Å². The number of ether oxygens (including phenoxy) is 1. The summed E-state index contributed by atoms with van der Waals surface area (Å²) < 4.78 is 17.8. The highest BCUT2D eigenvalue weighted by Gasteiger charge is 2.08. The Labute approximate surface area is 84.1 Å². The fraction of sp³-hybridized carbons (Fsp3) is 0.455. The minimum atomic E-state index is -0.207. The highest BCUT2D eigenvalue weighted by Crippen LogP contribution is 2.13. The number of rotatable bonds is 5. The van der Waals surface area contributed by atoms with E-state index in [1.165, 1.54) is 12.1 Å². The molecule has 0 amide bonds. The standard InChI is InChI=1S/C11H16FNO/c1-3-13-11(8-14-2)9-4-6-10(12)7-5-9/h4-7,11,13H,3,8H2,1-2H3. The van der Waals surface area contributed by atoms with Crippen LogP contribution in [0.3, 0.4) is 0 Å². The molecule has 0 fully saturated rings. The Morgan fingerprint density at radius 1 is 1.36 bits per heavy atom. The molecule has 0 saturated heterocycles. The van der Waals surface area contributed by atoms with Gasteiger partial charge in [-0.1, -0.05) is 19.1 Å². The van der Waals surface area contributed by atoms with Crippen molar-refractivity contribution in [2.75, 3.05) is 20.3 Å². The van der Waals surface area contributed by atoms with Crippen molar-refractivity contribution in [1.82, 2.24) is 5.32 Å². The van der Waals surface area contributed by atoms with Crippen LogP contribution in [0.25, 0.3) is 0 Å². The summed E-state index contributed by atoms with van der Waals surface area (Å²) in [5, 5.41) is 3.27. The normalized spacial score (nSPS) is 12.8. The lowest BCUT2D eigenvalue weighted by molar-refractivity contribution is 0.168. The summed E-state index contributed by atoms with van der Waals surface area (Å²) in [5.74, 6) is -0.207. The van der Waals surface area contributed by atoms with Gasteiger partial charge in [0, 0.05) is 7.11 Å². The molecule has 0 aliphatic carbocycles. The average Bonchev–Trinajstić information content (AvgIpc) is 2.19. The first-order valence-corrected chi connectivity index (χ1v) is 4.75. The topological polar surface area (TPSA) is 21.3 Å². The second-order valence-corrected chi connectivity index (χ2v) is 3.12. The van der Waals surface area contributed by atoms with Crippen molar-refractivity contribution < 1.29 is 9.13 Å². The first-order chi connectivity index (χ1) is 6.77. The zero-order valence-electron chi connectivity index (χ0n) is 8.59.